The molecule has 0 atom stereocenters. The second kappa shape index (κ2) is 8.74. The highest BCUT2D eigenvalue weighted by Crippen LogP contribution is 2.38. The van der Waals surface area contributed by atoms with Gasteiger partial charge in [-0.1, -0.05) is 0 Å². The van der Waals surface area contributed by atoms with Crippen LogP contribution in [0.3, 0.4) is 0 Å². The maximum absolute atomic E-state index is 12.9. The lowest BCUT2D eigenvalue weighted by Gasteiger charge is -2.15. The first kappa shape index (κ1) is 20.2. The van der Waals surface area contributed by atoms with Gasteiger partial charge in [0, 0.05) is 30.2 Å². The van der Waals surface area contributed by atoms with E-state index in [1.807, 2.05) is 0 Å². The summed E-state index contributed by atoms with van der Waals surface area (Å²) < 4.78 is 5.26. The van der Waals surface area contributed by atoms with E-state index in [1.54, 1.807) is 18.3 Å². The zero-order valence-corrected chi connectivity index (χ0v) is 17.1. The molecule has 0 radical (unpaired) electrons. The van der Waals surface area contributed by atoms with E-state index in [-0.39, 0.29) is 11.8 Å². The van der Waals surface area contributed by atoms with Crippen molar-refractivity contribution in [3.05, 3.63) is 46.1 Å². The van der Waals surface area contributed by atoms with Gasteiger partial charge in [0.15, 0.2) is 6.61 Å². The van der Waals surface area contributed by atoms with Crippen molar-refractivity contribution < 1.29 is 23.9 Å². The van der Waals surface area contributed by atoms with Gasteiger partial charge in [-0.25, -0.2) is 4.79 Å². The van der Waals surface area contributed by atoms with E-state index in [0.29, 0.717) is 35.5 Å². The standard InChI is InChI=1S/C21H21N3O5S/c25-16-8-4-10-24(16)17(26)12-29-21(28)18-14-6-1-2-7-15(14)30-20(18)23-19(27)13-5-3-9-22-11-13/h3,5,9,11H,1-2,4,6-8,10,12H2,(H,23,27). The Morgan fingerprint density at radius 3 is 2.73 bits per heavy atom. The first-order valence-corrected chi connectivity index (χ1v) is 10.7. The number of aryl methyl sites for hydroxylation is 1. The number of amides is 3. The number of rotatable bonds is 5. The molecule has 0 spiro atoms. The van der Waals surface area contributed by atoms with Gasteiger partial charge in [0.25, 0.3) is 11.8 Å². The van der Waals surface area contributed by atoms with Crippen LogP contribution in [0.25, 0.3) is 0 Å². The maximum atomic E-state index is 12.9. The molecule has 156 valence electrons. The summed E-state index contributed by atoms with van der Waals surface area (Å²) in [6.45, 7) is -0.138. The van der Waals surface area contributed by atoms with E-state index in [0.717, 1.165) is 41.0 Å². The molecule has 4 rings (SSSR count). The van der Waals surface area contributed by atoms with E-state index in [4.69, 9.17) is 4.74 Å². The number of nitrogens with zero attached hydrogens (tertiary/aromatic N) is 2. The maximum Gasteiger partial charge on any atom is 0.341 e. The molecule has 0 unspecified atom stereocenters. The van der Waals surface area contributed by atoms with Crippen LogP contribution in [-0.2, 0) is 27.2 Å². The Labute approximate surface area is 177 Å². The SMILES string of the molecule is O=C(Nc1sc2c(c1C(=O)OCC(=O)N1CCCC1=O)CCCC2)c1cccnc1. The number of likely N-dealkylation sites (tertiary alicyclic amines) is 1. The number of ether oxygens (including phenoxy) is 1. The van der Waals surface area contributed by atoms with E-state index in [2.05, 4.69) is 10.3 Å². The minimum Gasteiger partial charge on any atom is -0.452 e. The molecule has 0 saturated carbocycles. The molecule has 30 heavy (non-hydrogen) atoms. The number of thiophene rings is 1. The summed E-state index contributed by atoms with van der Waals surface area (Å²) in [6.07, 6.45) is 7.51. The Hall–Kier alpha value is -3.07. The van der Waals surface area contributed by atoms with Crippen LogP contribution in [-0.4, -0.2) is 46.7 Å². The largest absolute Gasteiger partial charge is 0.452 e. The van der Waals surface area contributed by atoms with Crippen molar-refractivity contribution in [2.45, 2.75) is 38.5 Å². The van der Waals surface area contributed by atoms with Gasteiger partial charge in [0.2, 0.25) is 5.91 Å². The van der Waals surface area contributed by atoms with Crippen molar-refractivity contribution in [1.82, 2.24) is 9.88 Å². The van der Waals surface area contributed by atoms with Gasteiger partial charge in [-0.3, -0.25) is 24.3 Å². The number of hydrogen-bond acceptors (Lipinski definition) is 7. The fraction of sp³-hybridized carbons (Fsp3) is 0.381. The molecule has 2 aliphatic rings. The molecule has 1 N–H and O–H groups in total. The molecule has 2 aromatic rings. The van der Waals surface area contributed by atoms with Crippen LogP contribution in [0.4, 0.5) is 5.00 Å². The van der Waals surface area contributed by atoms with Gasteiger partial charge in [-0.05, 0) is 49.8 Å². The summed E-state index contributed by atoms with van der Waals surface area (Å²) in [5.74, 6) is -1.78. The fourth-order valence-corrected chi connectivity index (χ4v) is 5.00. The zero-order chi connectivity index (χ0) is 21.1. The molecule has 1 fully saturated rings. The number of hydrogen-bond donors (Lipinski definition) is 1. The molecule has 1 saturated heterocycles. The second-order valence-electron chi connectivity index (χ2n) is 7.23. The minimum atomic E-state index is -0.657. The Kier molecular flexibility index (Phi) is 5.89. The molecule has 1 aliphatic heterocycles. The second-order valence-corrected chi connectivity index (χ2v) is 8.33. The number of carbonyl (C=O) groups excluding carboxylic acids is 4. The molecule has 0 bridgehead atoms. The van der Waals surface area contributed by atoms with Gasteiger partial charge in [0.1, 0.15) is 5.00 Å². The fourth-order valence-electron chi connectivity index (χ4n) is 3.73. The number of aromatic nitrogens is 1. The summed E-state index contributed by atoms with van der Waals surface area (Å²) >= 11 is 1.37. The van der Waals surface area contributed by atoms with Crippen molar-refractivity contribution in [2.24, 2.45) is 0 Å². The first-order valence-electron chi connectivity index (χ1n) is 9.91. The average Bonchev–Trinajstić information content (AvgIpc) is 3.35. The number of imide groups is 1. The molecule has 8 nitrogen and oxygen atoms in total. The molecule has 0 aromatic carbocycles. The Balaban J connectivity index is 1.53. The van der Waals surface area contributed by atoms with Crippen LogP contribution in [0.5, 0.6) is 0 Å². The molecule has 1 aliphatic carbocycles. The Morgan fingerprint density at radius 2 is 2.00 bits per heavy atom. The van der Waals surface area contributed by atoms with E-state index in [9.17, 15) is 19.2 Å². The number of esters is 1. The van der Waals surface area contributed by atoms with Crippen molar-refractivity contribution in [2.75, 3.05) is 18.5 Å². The predicted octanol–water partition coefficient (Wildman–Crippen LogP) is 2.58. The van der Waals surface area contributed by atoms with Crippen molar-refractivity contribution >= 4 is 40.0 Å². The lowest BCUT2D eigenvalue weighted by molar-refractivity contribution is -0.143. The molecule has 3 heterocycles. The van der Waals surface area contributed by atoms with Gasteiger partial charge in [0.05, 0.1) is 11.1 Å². The third-order valence-corrected chi connectivity index (χ3v) is 6.43. The number of pyridine rings is 1. The quantitative estimate of drug-likeness (QED) is 0.736. The first-order chi connectivity index (χ1) is 14.5. The molecule has 9 heteroatoms. The predicted molar refractivity (Wildman–Crippen MR) is 109 cm³/mol. The highest BCUT2D eigenvalue weighted by Gasteiger charge is 2.30. The molecular weight excluding hydrogens is 406 g/mol. The molecule has 2 aromatic heterocycles. The average molecular weight is 427 g/mol. The summed E-state index contributed by atoms with van der Waals surface area (Å²) in [5.41, 5.74) is 1.57. The third-order valence-electron chi connectivity index (χ3n) is 5.23. The van der Waals surface area contributed by atoms with Crippen molar-refractivity contribution in [1.29, 1.82) is 0 Å². The van der Waals surface area contributed by atoms with Crippen molar-refractivity contribution in [3.8, 4) is 0 Å². The highest BCUT2D eigenvalue weighted by molar-refractivity contribution is 7.17. The van der Waals surface area contributed by atoms with E-state index >= 15 is 0 Å². The van der Waals surface area contributed by atoms with Crippen LogP contribution in [0.1, 0.15) is 56.8 Å². The zero-order valence-electron chi connectivity index (χ0n) is 16.3. The van der Waals surface area contributed by atoms with Gasteiger partial charge in [-0.15, -0.1) is 11.3 Å². The van der Waals surface area contributed by atoms with Gasteiger partial charge in [-0.2, -0.15) is 0 Å². The van der Waals surface area contributed by atoms with Crippen LogP contribution < -0.4 is 5.32 Å². The van der Waals surface area contributed by atoms with Crippen molar-refractivity contribution in [3.63, 3.8) is 0 Å². The number of anilines is 1. The number of fused-ring (bicyclic) bond motifs is 1. The topological polar surface area (TPSA) is 106 Å². The number of nitrogens with one attached hydrogen (secondary N) is 1. The van der Waals surface area contributed by atoms with E-state index < -0.39 is 18.5 Å². The lowest BCUT2D eigenvalue weighted by atomic mass is 9.95. The number of carbonyl (C=O) groups is 4. The monoisotopic (exact) mass is 427 g/mol. The normalized spacial score (nSPS) is 15.6. The van der Waals surface area contributed by atoms with Crippen LogP contribution in [0, 0.1) is 0 Å². The smallest absolute Gasteiger partial charge is 0.341 e. The molecular formula is C21H21N3O5S. The molecule has 3 amide bonds. The van der Waals surface area contributed by atoms with Crippen LogP contribution in [0.15, 0.2) is 24.5 Å². The lowest BCUT2D eigenvalue weighted by Crippen LogP contribution is -2.35. The highest BCUT2D eigenvalue weighted by atomic mass is 32.1. The Bertz CT molecular complexity index is 1000. The van der Waals surface area contributed by atoms with Gasteiger partial charge >= 0.3 is 5.97 Å². The summed E-state index contributed by atoms with van der Waals surface area (Å²) in [5, 5.41) is 3.23. The Morgan fingerprint density at radius 1 is 1.17 bits per heavy atom. The van der Waals surface area contributed by atoms with Crippen LogP contribution in [0.2, 0.25) is 0 Å². The summed E-state index contributed by atoms with van der Waals surface area (Å²) in [6, 6.07) is 3.30. The summed E-state index contributed by atoms with van der Waals surface area (Å²) in [4.78, 5) is 55.5. The van der Waals surface area contributed by atoms with E-state index in [1.165, 1.54) is 17.5 Å². The van der Waals surface area contributed by atoms with Gasteiger partial charge < -0.3 is 10.1 Å². The third kappa shape index (κ3) is 4.11. The summed E-state index contributed by atoms with van der Waals surface area (Å²) in [7, 11) is 0. The van der Waals surface area contributed by atoms with Crippen LogP contribution >= 0.6 is 11.3 Å². The minimum absolute atomic E-state index is 0.242.